The first-order valence-electron chi connectivity index (χ1n) is 10.0. The average molecular weight is 454 g/mol. The molecule has 1 amide bonds. The van der Waals surface area contributed by atoms with Gasteiger partial charge in [-0.05, 0) is 43.3 Å². The van der Waals surface area contributed by atoms with Crippen LogP contribution >= 0.6 is 22.7 Å². The fraction of sp³-hybridized carbons (Fsp3) is 0.261. The molecule has 0 aliphatic carbocycles. The van der Waals surface area contributed by atoms with E-state index < -0.39 is 0 Å². The number of ether oxygens (including phenoxy) is 2. The lowest BCUT2D eigenvalue weighted by Crippen LogP contribution is -2.35. The molecule has 0 saturated heterocycles. The van der Waals surface area contributed by atoms with Gasteiger partial charge in [-0.2, -0.15) is 0 Å². The van der Waals surface area contributed by atoms with E-state index in [9.17, 15) is 4.79 Å². The maximum absolute atomic E-state index is 13.1. The first-order chi connectivity index (χ1) is 15.2. The third-order valence-corrected chi connectivity index (χ3v) is 6.63. The van der Waals surface area contributed by atoms with Crippen LogP contribution in [0, 0.1) is 0 Å². The zero-order chi connectivity index (χ0) is 21.6. The number of thiazole rings is 2. The molecular formula is C23H23N3O3S2. The molecule has 2 aromatic heterocycles. The summed E-state index contributed by atoms with van der Waals surface area (Å²) in [6.45, 7) is 3.49. The van der Waals surface area contributed by atoms with Crippen molar-refractivity contribution in [3.63, 3.8) is 0 Å². The van der Waals surface area contributed by atoms with E-state index in [1.54, 1.807) is 12.0 Å². The van der Waals surface area contributed by atoms with Crippen LogP contribution in [0.5, 0.6) is 5.75 Å². The van der Waals surface area contributed by atoms with Gasteiger partial charge < -0.3 is 9.47 Å². The van der Waals surface area contributed by atoms with Gasteiger partial charge in [-0.25, -0.2) is 9.97 Å². The van der Waals surface area contributed by atoms with Crippen molar-refractivity contribution in [3.8, 4) is 16.3 Å². The Labute approximate surface area is 189 Å². The number of methoxy groups -OCH3 is 1. The van der Waals surface area contributed by atoms with Crippen LogP contribution in [0.1, 0.15) is 12.6 Å². The molecule has 0 N–H and O–H groups in total. The summed E-state index contributed by atoms with van der Waals surface area (Å²) >= 11 is 3.04. The van der Waals surface area contributed by atoms with Crippen molar-refractivity contribution in [2.45, 2.75) is 13.3 Å². The summed E-state index contributed by atoms with van der Waals surface area (Å²) < 4.78 is 11.8. The molecule has 0 atom stereocenters. The summed E-state index contributed by atoms with van der Waals surface area (Å²) in [6.07, 6.45) is 0.215. The normalized spacial score (nSPS) is 11.0. The first kappa shape index (κ1) is 21.4. The summed E-state index contributed by atoms with van der Waals surface area (Å²) in [4.78, 5) is 24.2. The molecule has 0 saturated carbocycles. The number of rotatable bonds is 9. The van der Waals surface area contributed by atoms with Gasteiger partial charge in [0.25, 0.3) is 0 Å². The molecular weight excluding hydrogens is 430 g/mol. The number of hydrogen-bond acceptors (Lipinski definition) is 7. The molecule has 6 nitrogen and oxygen atoms in total. The number of hydrogen-bond donors (Lipinski definition) is 0. The van der Waals surface area contributed by atoms with Crippen molar-refractivity contribution < 1.29 is 14.3 Å². The van der Waals surface area contributed by atoms with Crippen LogP contribution in [-0.4, -0.2) is 42.7 Å². The van der Waals surface area contributed by atoms with Gasteiger partial charge in [0.15, 0.2) is 5.13 Å². The van der Waals surface area contributed by atoms with Crippen molar-refractivity contribution in [2.75, 3.05) is 31.8 Å². The van der Waals surface area contributed by atoms with E-state index in [0.29, 0.717) is 24.9 Å². The van der Waals surface area contributed by atoms with Crippen LogP contribution in [0.3, 0.4) is 0 Å². The fourth-order valence-corrected chi connectivity index (χ4v) is 4.95. The Bertz CT molecular complexity index is 1120. The molecule has 4 rings (SSSR count). The molecule has 31 heavy (non-hydrogen) atoms. The lowest BCUT2D eigenvalue weighted by Gasteiger charge is -2.19. The third kappa shape index (κ3) is 5.10. The topological polar surface area (TPSA) is 64.5 Å². The van der Waals surface area contributed by atoms with Crippen LogP contribution in [0.4, 0.5) is 5.13 Å². The number of anilines is 1. The van der Waals surface area contributed by atoms with Gasteiger partial charge >= 0.3 is 0 Å². The molecule has 0 bridgehead atoms. The second-order valence-electron chi connectivity index (χ2n) is 6.78. The van der Waals surface area contributed by atoms with Crippen molar-refractivity contribution in [1.82, 2.24) is 9.97 Å². The summed E-state index contributed by atoms with van der Waals surface area (Å²) in [5.41, 5.74) is 2.65. The number of nitrogens with zero attached hydrogens (tertiary/aromatic N) is 3. The van der Waals surface area contributed by atoms with Gasteiger partial charge in [0, 0.05) is 18.1 Å². The standard InChI is InChI=1S/C23H23N3O3S2/c1-3-29-18-10-8-16(9-11-18)22-24-17(15-30-22)14-21(27)26(12-13-28-2)23-25-19-6-4-5-7-20(19)31-23/h4-11,15H,3,12-14H2,1-2H3. The van der Waals surface area contributed by atoms with Crippen molar-refractivity contribution in [2.24, 2.45) is 0 Å². The molecule has 0 spiro atoms. The van der Waals surface area contributed by atoms with Gasteiger partial charge in [-0.3, -0.25) is 9.69 Å². The minimum Gasteiger partial charge on any atom is -0.494 e. The number of carbonyl (C=O) groups is 1. The maximum atomic E-state index is 13.1. The van der Waals surface area contributed by atoms with Crippen LogP contribution in [-0.2, 0) is 16.0 Å². The Morgan fingerprint density at radius 2 is 1.90 bits per heavy atom. The third-order valence-electron chi connectivity index (χ3n) is 4.63. The highest BCUT2D eigenvalue weighted by Crippen LogP contribution is 2.30. The number of carbonyl (C=O) groups excluding carboxylic acids is 1. The van der Waals surface area contributed by atoms with Gasteiger partial charge in [0.1, 0.15) is 10.8 Å². The summed E-state index contributed by atoms with van der Waals surface area (Å²) in [6, 6.07) is 15.7. The van der Waals surface area contributed by atoms with Gasteiger partial charge in [-0.15, -0.1) is 11.3 Å². The number of para-hydroxylation sites is 1. The molecule has 0 unspecified atom stereocenters. The lowest BCUT2D eigenvalue weighted by atomic mass is 10.2. The Morgan fingerprint density at radius 1 is 1.10 bits per heavy atom. The quantitative estimate of drug-likeness (QED) is 0.355. The van der Waals surface area contributed by atoms with Crippen LogP contribution in [0.15, 0.2) is 53.9 Å². The second kappa shape index (κ2) is 10.00. The van der Waals surface area contributed by atoms with Crippen LogP contribution < -0.4 is 9.64 Å². The highest BCUT2D eigenvalue weighted by atomic mass is 32.1. The number of benzene rings is 2. The maximum Gasteiger partial charge on any atom is 0.234 e. The predicted octanol–water partition coefficient (Wildman–Crippen LogP) is 5.04. The molecule has 2 aromatic carbocycles. The first-order valence-corrected chi connectivity index (χ1v) is 11.7. The lowest BCUT2D eigenvalue weighted by molar-refractivity contribution is -0.118. The van der Waals surface area contributed by atoms with Crippen molar-refractivity contribution >= 4 is 43.9 Å². The molecule has 8 heteroatoms. The average Bonchev–Trinajstić information content (AvgIpc) is 3.42. The number of fused-ring (bicyclic) bond motifs is 1. The van der Waals surface area contributed by atoms with E-state index in [1.807, 2.05) is 60.8 Å². The molecule has 4 aromatic rings. The minimum atomic E-state index is -0.0420. The molecule has 160 valence electrons. The van der Waals surface area contributed by atoms with E-state index in [0.717, 1.165) is 32.2 Å². The zero-order valence-corrected chi connectivity index (χ0v) is 19.0. The summed E-state index contributed by atoms with van der Waals surface area (Å²) in [5.74, 6) is 0.794. The second-order valence-corrected chi connectivity index (χ2v) is 8.65. The zero-order valence-electron chi connectivity index (χ0n) is 17.4. The minimum absolute atomic E-state index is 0.0420. The Morgan fingerprint density at radius 3 is 2.65 bits per heavy atom. The Balaban J connectivity index is 1.50. The summed E-state index contributed by atoms with van der Waals surface area (Å²) in [7, 11) is 1.63. The highest BCUT2D eigenvalue weighted by molar-refractivity contribution is 7.22. The predicted molar refractivity (Wildman–Crippen MR) is 126 cm³/mol. The molecule has 2 heterocycles. The molecule has 0 fully saturated rings. The Hall–Kier alpha value is -2.81. The van der Waals surface area contributed by atoms with Crippen molar-refractivity contribution in [3.05, 3.63) is 59.6 Å². The van der Waals surface area contributed by atoms with Crippen LogP contribution in [0.25, 0.3) is 20.8 Å². The van der Waals surface area contributed by atoms with Gasteiger partial charge in [0.05, 0.1) is 42.1 Å². The monoisotopic (exact) mass is 453 g/mol. The SMILES string of the molecule is CCOc1ccc(-c2nc(CC(=O)N(CCOC)c3nc4ccccc4s3)cs2)cc1. The summed E-state index contributed by atoms with van der Waals surface area (Å²) in [5, 5.41) is 3.51. The van der Waals surface area contributed by atoms with Crippen LogP contribution in [0.2, 0.25) is 0 Å². The highest BCUT2D eigenvalue weighted by Gasteiger charge is 2.21. The van der Waals surface area contributed by atoms with E-state index in [-0.39, 0.29) is 12.3 Å². The molecule has 0 radical (unpaired) electrons. The van der Waals surface area contributed by atoms with E-state index in [2.05, 4.69) is 9.97 Å². The smallest absolute Gasteiger partial charge is 0.234 e. The van der Waals surface area contributed by atoms with Gasteiger partial charge in [0.2, 0.25) is 5.91 Å². The number of aromatic nitrogens is 2. The van der Waals surface area contributed by atoms with E-state index in [1.165, 1.54) is 22.7 Å². The largest absolute Gasteiger partial charge is 0.494 e. The number of amides is 1. The Kier molecular flexibility index (Phi) is 6.91. The van der Waals surface area contributed by atoms with Crippen molar-refractivity contribution in [1.29, 1.82) is 0 Å². The fourth-order valence-electron chi connectivity index (χ4n) is 3.12. The molecule has 0 aliphatic rings. The van der Waals surface area contributed by atoms with E-state index in [4.69, 9.17) is 9.47 Å². The van der Waals surface area contributed by atoms with Gasteiger partial charge in [-0.1, -0.05) is 23.5 Å². The molecule has 0 aliphatic heterocycles. The van der Waals surface area contributed by atoms with E-state index >= 15 is 0 Å².